The molecule has 2 aromatic carbocycles. The van der Waals surface area contributed by atoms with E-state index < -0.39 is 5.97 Å². The molecule has 0 fully saturated rings. The molecule has 0 radical (unpaired) electrons. The summed E-state index contributed by atoms with van der Waals surface area (Å²) in [6.07, 6.45) is 1.01. The van der Waals surface area contributed by atoms with Crippen molar-refractivity contribution in [2.24, 2.45) is 5.73 Å². The second-order valence-corrected chi connectivity index (χ2v) is 7.61. The van der Waals surface area contributed by atoms with Crippen LogP contribution in [0.3, 0.4) is 0 Å². The molecule has 33 heavy (non-hydrogen) atoms. The molecule has 0 bridgehead atoms. The normalized spacial score (nSPS) is 10.9. The largest absolute Gasteiger partial charge is 0.478 e. The zero-order valence-electron chi connectivity index (χ0n) is 17.5. The summed E-state index contributed by atoms with van der Waals surface area (Å²) >= 11 is 0. The second-order valence-electron chi connectivity index (χ2n) is 7.61. The number of hydrogen-bond donors (Lipinski definition) is 7. The molecule has 0 saturated carbocycles. The number of anilines is 1. The smallest absolute Gasteiger partial charge is 0.335 e. The third-order valence-corrected chi connectivity index (χ3v) is 5.15. The minimum Gasteiger partial charge on any atom is -0.478 e. The molecule has 0 aliphatic carbocycles. The molecule has 8 N–H and O–H groups in total. The summed E-state index contributed by atoms with van der Waals surface area (Å²) in [5.74, 6) is -1.59. The molecule has 0 atom stereocenters. The summed E-state index contributed by atoms with van der Waals surface area (Å²) in [5, 5.41) is 23.3. The van der Waals surface area contributed by atoms with Gasteiger partial charge in [0.2, 0.25) is 0 Å². The Kier molecular flexibility index (Phi) is 5.81. The Balaban J connectivity index is 1.46. The van der Waals surface area contributed by atoms with Gasteiger partial charge in [-0.15, -0.1) is 0 Å². The predicted molar refractivity (Wildman–Crippen MR) is 125 cm³/mol. The molecule has 10 nitrogen and oxygen atoms in total. The Morgan fingerprint density at radius 1 is 0.909 bits per heavy atom. The van der Waals surface area contributed by atoms with Crippen LogP contribution in [-0.2, 0) is 0 Å². The fourth-order valence-corrected chi connectivity index (χ4v) is 3.49. The number of aromatic nitrogens is 2. The lowest BCUT2D eigenvalue weighted by Crippen LogP contribution is -2.25. The van der Waals surface area contributed by atoms with Gasteiger partial charge in [0.15, 0.2) is 0 Å². The van der Waals surface area contributed by atoms with E-state index in [2.05, 4.69) is 20.6 Å². The van der Waals surface area contributed by atoms with Crippen LogP contribution < -0.4 is 16.4 Å². The van der Waals surface area contributed by atoms with Crippen LogP contribution in [0.4, 0.5) is 5.69 Å². The van der Waals surface area contributed by atoms with Crippen LogP contribution in [0.2, 0.25) is 0 Å². The van der Waals surface area contributed by atoms with Crippen LogP contribution >= 0.6 is 0 Å². The lowest BCUT2D eigenvalue weighted by atomic mass is 10.1. The maximum absolute atomic E-state index is 12.7. The number of carbonyl (C=O) groups is 3. The maximum Gasteiger partial charge on any atom is 0.335 e. The molecule has 4 rings (SSSR count). The van der Waals surface area contributed by atoms with Crippen molar-refractivity contribution < 1.29 is 19.5 Å². The minimum atomic E-state index is -1.03. The van der Waals surface area contributed by atoms with Crippen LogP contribution in [0.25, 0.3) is 21.8 Å². The highest BCUT2D eigenvalue weighted by molar-refractivity contribution is 6.07. The Labute approximate surface area is 187 Å². The Bertz CT molecular complexity index is 1400. The van der Waals surface area contributed by atoms with E-state index in [-0.39, 0.29) is 23.2 Å². The number of carboxylic acids is 1. The molecule has 2 heterocycles. The van der Waals surface area contributed by atoms with E-state index in [1.165, 1.54) is 12.1 Å². The van der Waals surface area contributed by atoms with Gasteiger partial charge in [-0.05, 0) is 48.9 Å². The van der Waals surface area contributed by atoms with E-state index in [1.807, 2.05) is 0 Å². The van der Waals surface area contributed by atoms with Gasteiger partial charge in [-0.3, -0.25) is 15.0 Å². The molecule has 168 valence electrons. The predicted octanol–water partition coefficient (Wildman–Crippen LogP) is 3.05. The van der Waals surface area contributed by atoms with Gasteiger partial charge in [0.05, 0.1) is 11.4 Å². The van der Waals surface area contributed by atoms with E-state index in [0.717, 1.165) is 5.39 Å². The summed E-state index contributed by atoms with van der Waals surface area (Å²) in [4.78, 5) is 42.2. The van der Waals surface area contributed by atoms with Gasteiger partial charge in [-0.1, -0.05) is 6.07 Å². The molecule has 4 aromatic rings. The van der Waals surface area contributed by atoms with Crippen LogP contribution in [-0.4, -0.2) is 45.2 Å². The molecule has 2 aromatic heterocycles. The fourth-order valence-electron chi connectivity index (χ4n) is 3.49. The first-order valence-electron chi connectivity index (χ1n) is 10.2. The van der Waals surface area contributed by atoms with Crippen molar-refractivity contribution in [2.75, 3.05) is 11.9 Å². The highest BCUT2D eigenvalue weighted by atomic mass is 16.4. The summed E-state index contributed by atoms with van der Waals surface area (Å²) in [7, 11) is 0. The average Bonchev–Trinajstić information content (AvgIpc) is 3.39. The van der Waals surface area contributed by atoms with Crippen LogP contribution in [0.5, 0.6) is 0 Å². The zero-order chi connectivity index (χ0) is 23.5. The van der Waals surface area contributed by atoms with Crippen LogP contribution in [0.15, 0.2) is 48.5 Å². The van der Waals surface area contributed by atoms with Gasteiger partial charge in [-0.25, -0.2) is 4.79 Å². The number of H-pyrrole nitrogens is 2. The molecular formula is C23H22N6O4. The van der Waals surface area contributed by atoms with Gasteiger partial charge in [0.25, 0.3) is 11.8 Å². The first kappa shape index (κ1) is 21.6. The average molecular weight is 446 g/mol. The Morgan fingerprint density at radius 3 is 2.39 bits per heavy atom. The Morgan fingerprint density at radius 2 is 1.64 bits per heavy atom. The first-order chi connectivity index (χ1) is 15.8. The summed E-state index contributed by atoms with van der Waals surface area (Å²) in [6, 6.07) is 13.2. The number of amidine groups is 1. The summed E-state index contributed by atoms with van der Waals surface area (Å²) in [6.45, 7) is 0.410. The number of fused-ring (bicyclic) bond motifs is 2. The second kappa shape index (κ2) is 8.87. The van der Waals surface area contributed by atoms with Crippen molar-refractivity contribution in [1.82, 2.24) is 15.3 Å². The number of hydrogen-bond acceptors (Lipinski definition) is 4. The van der Waals surface area contributed by atoms with Gasteiger partial charge in [0, 0.05) is 40.5 Å². The third-order valence-electron chi connectivity index (χ3n) is 5.15. The number of carboxylic acid groups (broad SMARTS) is 1. The monoisotopic (exact) mass is 446 g/mol. The van der Waals surface area contributed by atoms with Crippen molar-refractivity contribution in [1.29, 1.82) is 5.41 Å². The number of nitrogens with one attached hydrogen (secondary N) is 5. The van der Waals surface area contributed by atoms with E-state index in [1.54, 1.807) is 36.4 Å². The lowest BCUT2D eigenvalue weighted by molar-refractivity contribution is 0.0696. The van der Waals surface area contributed by atoms with E-state index in [4.69, 9.17) is 16.2 Å². The van der Waals surface area contributed by atoms with E-state index in [9.17, 15) is 14.4 Å². The van der Waals surface area contributed by atoms with Crippen LogP contribution in [0, 0.1) is 5.41 Å². The third kappa shape index (κ3) is 4.85. The molecular weight excluding hydrogens is 424 g/mol. The van der Waals surface area contributed by atoms with Crippen molar-refractivity contribution in [3.8, 4) is 0 Å². The number of rotatable bonds is 8. The molecule has 0 saturated heterocycles. The summed E-state index contributed by atoms with van der Waals surface area (Å²) in [5.41, 5.74) is 8.01. The summed E-state index contributed by atoms with van der Waals surface area (Å²) < 4.78 is 0. The molecule has 0 unspecified atom stereocenters. The van der Waals surface area contributed by atoms with Crippen molar-refractivity contribution in [3.63, 3.8) is 0 Å². The highest BCUT2D eigenvalue weighted by Gasteiger charge is 2.13. The fraction of sp³-hybridized carbons (Fsp3) is 0.130. The standard InChI is InChI=1S/C23H22N6O4/c24-20(25)2-1-7-26-21(30)18-9-12-3-5-15(11-17(12)29-18)27-22(31)19-10-14-8-13(23(32)33)4-6-16(14)28-19/h3-6,8-11,28-29H,1-2,7H2,(H3,24,25)(H,26,30)(H,27,31)(H,32,33). The van der Waals surface area contributed by atoms with Gasteiger partial charge >= 0.3 is 5.97 Å². The minimum absolute atomic E-state index is 0.0851. The van der Waals surface area contributed by atoms with Gasteiger partial charge in [0.1, 0.15) is 11.4 Å². The molecule has 0 aliphatic rings. The first-order valence-corrected chi connectivity index (χ1v) is 10.2. The zero-order valence-corrected chi connectivity index (χ0v) is 17.5. The highest BCUT2D eigenvalue weighted by Crippen LogP contribution is 2.22. The molecule has 0 aliphatic heterocycles. The number of amides is 2. The van der Waals surface area contributed by atoms with E-state index >= 15 is 0 Å². The number of nitrogens with two attached hydrogens (primary N) is 1. The van der Waals surface area contributed by atoms with Crippen LogP contribution in [0.1, 0.15) is 44.2 Å². The van der Waals surface area contributed by atoms with Gasteiger partial charge < -0.3 is 31.4 Å². The molecule has 2 amide bonds. The SMILES string of the molecule is N=C(N)CCCNC(=O)c1cc2ccc(NC(=O)c3cc4cc(C(=O)O)ccc4[nH]3)cc2[nH]1. The number of aromatic carboxylic acids is 1. The van der Waals surface area contributed by atoms with Gasteiger partial charge in [-0.2, -0.15) is 0 Å². The molecule has 10 heteroatoms. The van der Waals surface area contributed by atoms with Crippen molar-refractivity contribution in [3.05, 3.63) is 65.5 Å². The number of carbonyl (C=O) groups excluding carboxylic acids is 2. The lowest BCUT2D eigenvalue weighted by Gasteiger charge is -2.04. The number of benzene rings is 2. The Hall–Kier alpha value is -4.60. The van der Waals surface area contributed by atoms with Crippen molar-refractivity contribution in [2.45, 2.75) is 12.8 Å². The maximum atomic E-state index is 12.7. The topological polar surface area (TPSA) is 177 Å². The molecule has 0 spiro atoms. The quantitative estimate of drug-likeness (QED) is 0.125. The number of aromatic amines is 2. The van der Waals surface area contributed by atoms with E-state index in [0.29, 0.717) is 52.9 Å². The van der Waals surface area contributed by atoms with Crippen molar-refractivity contribution >= 4 is 51.1 Å².